The van der Waals surface area contributed by atoms with Gasteiger partial charge in [-0.25, -0.2) is 4.68 Å². The van der Waals surface area contributed by atoms with Crippen LogP contribution in [0.3, 0.4) is 0 Å². The molecule has 7 nitrogen and oxygen atoms in total. The summed E-state index contributed by atoms with van der Waals surface area (Å²) in [5.74, 6) is 1.05. The van der Waals surface area contributed by atoms with E-state index in [4.69, 9.17) is 0 Å². The Morgan fingerprint density at radius 1 is 1.00 bits per heavy atom. The first kappa shape index (κ1) is 25.8. The van der Waals surface area contributed by atoms with Crippen LogP contribution in [0, 0.1) is 19.8 Å². The van der Waals surface area contributed by atoms with E-state index in [0.717, 1.165) is 34.3 Å². The highest BCUT2D eigenvalue weighted by atomic mass is 16.1. The van der Waals surface area contributed by atoms with Gasteiger partial charge < -0.3 is 4.98 Å². The van der Waals surface area contributed by atoms with Crippen LogP contribution >= 0.6 is 0 Å². The smallest absolute Gasteiger partial charge is 0.252 e. The van der Waals surface area contributed by atoms with Gasteiger partial charge in [-0.2, -0.15) is 0 Å². The van der Waals surface area contributed by atoms with Gasteiger partial charge >= 0.3 is 0 Å². The van der Waals surface area contributed by atoms with E-state index in [1.54, 1.807) is 0 Å². The molecule has 0 aliphatic carbocycles. The number of hydrogen-bond acceptors (Lipinski definition) is 5. The molecule has 7 heteroatoms. The van der Waals surface area contributed by atoms with Crippen molar-refractivity contribution in [2.75, 3.05) is 0 Å². The molecule has 4 rings (SSSR count). The van der Waals surface area contributed by atoms with Gasteiger partial charge in [-0.15, -0.1) is 5.10 Å². The number of benzene rings is 2. The first-order valence-electron chi connectivity index (χ1n) is 12.8. The first-order chi connectivity index (χ1) is 17.1. The number of aryl methyl sites for hydroxylation is 2. The molecule has 0 saturated carbocycles. The minimum absolute atomic E-state index is 0.0574. The van der Waals surface area contributed by atoms with Crippen molar-refractivity contribution in [2.45, 2.75) is 79.6 Å². The fourth-order valence-corrected chi connectivity index (χ4v) is 4.72. The predicted molar refractivity (Wildman–Crippen MR) is 145 cm³/mol. The van der Waals surface area contributed by atoms with Crippen molar-refractivity contribution < 1.29 is 0 Å². The van der Waals surface area contributed by atoms with Crippen molar-refractivity contribution in [1.82, 2.24) is 30.1 Å². The Hall–Kier alpha value is -3.32. The van der Waals surface area contributed by atoms with Gasteiger partial charge in [0, 0.05) is 24.2 Å². The summed E-state index contributed by atoms with van der Waals surface area (Å²) in [7, 11) is 0. The second-order valence-electron chi connectivity index (χ2n) is 10.9. The third kappa shape index (κ3) is 5.41. The van der Waals surface area contributed by atoms with Crippen molar-refractivity contribution in [3.63, 3.8) is 0 Å². The highest BCUT2D eigenvalue weighted by Gasteiger charge is 2.33. The highest BCUT2D eigenvalue weighted by Crippen LogP contribution is 2.33. The minimum atomic E-state index is -0.222. The molecular formula is C29H38N6O. The Kier molecular flexibility index (Phi) is 7.41. The fourth-order valence-electron chi connectivity index (χ4n) is 4.72. The molecule has 0 radical (unpaired) electrons. The van der Waals surface area contributed by atoms with Gasteiger partial charge in [-0.05, 0) is 79.1 Å². The summed E-state index contributed by atoms with van der Waals surface area (Å²) >= 11 is 0. The lowest BCUT2D eigenvalue weighted by molar-refractivity contribution is 0.118. The van der Waals surface area contributed by atoms with E-state index in [1.165, 1.54) is 11.1 Å². The molecule has 190 valence electrons. The summed E-state index contributed by atoms with van der Waals surface area (Å²) in [6, 6.07) is 16.7. The molecule has 0 fully saturated rings. The fraction of sp³-hybridized carbons (Fsp3) is 0.448. The van der Waals surface area contributed by atoms with E-state index < -0.39 is 0 Å². The van der Waals surface area contributed by atoms with E-state index >= 15 is 0 Å². The molecule has 1 atom stereocenters. The molecule has 0 aliphatic rings. The number of nitrogens with one attached hydrogen (secondary N) is 1. The molecule has 4 aromatic rings. The van der Waals surface area contributed by atoms with Crippen molar-refractivity contribution >= 4 is 10.9 Å². The predicted octanol–water partition coefficient (Wildman–Crippen LogP) is 5.68. The Balaban J connectivity index is 1.81. The van der Waals surface area contributed by atoms with Crippen LogP contribution in [0.1, 0.15) is 75.2 Å². The average molecular weight is 487 g/mol. The number of hydrogen-bond donors (Lipinski definition) is 1. The second kappa shape index (κ2) is 10.3. The largest absolute Gasteiger partial charge is 0.322 e. The number of fused-ring (bicyclic) bond motifs is 1. The zero-order valence-corrected chi connectivity index (χ0v) is 22.5. The number of rotatable bonds is 9. The topological polar surface area (TPSA) is 79.7 Å². The number of tetrazole rings is 1. The normalized spacial score (nSPS) is 13.1. The highest BCUT2D eigenvalue weighted by molar-refractivity contribution is 5.79. The van der Waals surface area contributed by atoms with E-state index in [2.05, 4.69) is 103 Å². The minimum Gasteiger partial charge on any atom is -0.322 e. The third-order valence-corrected chi connectivity index (χ3v) is 7.18. The molecule has 1 N–H and O–H groups in total. The first-order valence-corrected chi connectivity index (χ1v) is 12.8. The zero-order valence-electron chi connectivity index (χ0n) is 22.5. The van der Waals surface area contributed by atoms with Gasteiger partial charge in [0.25, 0.3) is 5.56 Å². The lowest BCUT2D eigenvalue weighted by Gasteiger charge is -2.35. The van der Waals surface area contributed by atoms with Crippen LogP contribution in [0.25, 0.3) is 10.9 Å². The van der Waals surface area contributed by atoms with Crippen molar-refractivity contribution in [1.29, 1.82) is 0 Å². The molecule has 0 saturated heterocycles. The molecule has 0 spiro atoms. The maximum absolute atomic E-state index is 13.2. The number of H-pyrrole nitrogens is 1. The Morgan fingerprint density at radius 3 is 2.36 bits per heavy atom. The molecule has 0 unspecified atom stereocenters. The third-order valence-electron chi connectivity index (χ3n) is 7.18. The number of pyridine rings is 1. The van der Waals surface area contributed by atoms with E-state index in [-0.39, 0.29) is 23.1 Å². The van der Waals surface area contributed by atoms with Crippen molar-refractivity contribution in [3.8, 4) is 0 Å². The van der Waals surface area contributed by atoms with Crippen molar-refractivity contribution in [3.05, 3.63) is 87.0 Å². The van der Waals surface area contributed by atoms with Crippen LogP contribution < -0.4 is 5.56 Å². The maximum atomic E-state index is 13.2. The van der Waals surface area contributed by atoms with E-state index in [1.807, 2.05) is 23.7 Å². The monoisotopic (exact) mass is 486 g/mol. The average Bonchev–Trinajstić information content (AvgIpc) is 3.31. The lowest BCUT2D eigenvalue weighted by Crippen LogP contribution is -2.38. The summed E-state index contributed by atoms with van der Waals surface area (Å²) in [5.41, 5.74) is 4.85. The summed E-state index contributed by atoms with van der Waals surface area (Å²) in [6.07, 6.45) is 0.900. The van der Waals surface area contributed by atoms with Gasteiger partial charge in [-0.1, -0.05) is 62.7 Å². The van der Waals surface area contributed by atoms with Crippen LogP contribution in [0.4, 0.5) is 0 Å². The Bertz CT molecular complexity index is 1380. The van der Waals surface area contributed by atoms with Crippen LogP contribution in [-0.2, 0) is 18.6 Å². The van der Waals surface area contributed by atoms with Crippen molar-refractivity contribution in [2.24, 2.45) is 5.92 Å². The standard InChI is InChI=1S/C29H38N6O/c1-8-29(6,7)35-27(31-32-33-35)26(19(2)3)34(17-22-12-9-20(4)10-13-22)18-24-16-23-14-11-21(5)15-25(23)30-28(24)36/h9-16,19,26H,8,17-18H2,1-7H3,(H,30,36)/t26-/m0/s1. The molecule has 2 heterocycles. The summed E-state index contributed by atoms with van der Waals surface area (Å²) in [6.45, 7) is 16.1. The van der Waals surface area contributed by atoms with Crippen LogP contribution in [0.5, 0.6) is 0 Å². The second-order valence-corrected chi connectivity index (χ2v) is 10.9. The summed E-state index contributed by atoms with van der Waals surface area (Å²) < 4.78 is 1.97. The number of aromatic nitrogens is 5. The van der Waals surface area contributed by atoms with Crippen LogP contribution in [0.2, 0.25) is 0 Å². The SMILES string of the molecule is CCC(C)(C)n1nnnc1[C@H](C(C)C)N(Cc1ccc(C)cc1)Cc1cc2ccc(C)cc2[nH]c1=O. The summed E-state index contributed by atoms with van der Waals surface area (Å²) in [4.78, 5) is 18.6. The molecular weight excluding hydrogens is 448 g/mol. The molecule has 2 aromatic carbocycles. The molecule has 36 heavy (non-hydrogen) atoms. The molecule has 0 aliphatic heterocycles. The molecule has 0 bridgehead atoms. The molecule has 2 aromatic heterocycles. The van der Waals surface area contributed by atoms with Crippen LogP contribution in [0.15, 0.2) is 53.3 Å². The van der Waals surface area contributed by atoms with Gasteiger partial charge in [0.2, 0.25) is 0 Å². The molecule has 0 amide bonds. The van der Waals surface area contributed by atoms with Gasteiger partial charge in [0.05, 0.1) is 11.6 Å². The number of aromatic amines is 1. The number of nitrogens with zero attached hydrogens (tertiary/aromatic N) is 5. The summed E-state index contributed by atoms with van der Waals surface area (Å²) in [5, 5.41) is 14.0. The van der Waals surface area contributed by atoms with Gasteiger partial charge in [0.1, 0.15) is 0 Å². The quantitative estimate of drug-likeness (QED) is 0.329. The Labute approximate surface area is 213 Å². The van der Waals surface area contributed by atoms with E-state index in [9.17, 15) is 4.79 Å². The Morgan fingerprint density at radius 2 is 1.69 bits per heavy atom. The maximum Gasteiger partial charge on any atom is 0.252 e. The lowest BCUT2D eigenvalue weighted by atomic mass is 9.96. The van der Waals surface area contributed by atoms with Gasteiger partial charge in [0.15, 0.2) is 5.82 Å². The van der Waals surface area contributed by atoms with E-state index in [0.29, 0.717) is 13.1 Å². The zero-order chi connectivity index (χ0) is 26.0. The van der Waals surface area contributed by atoms with Crippen LogP contribution in [-0.4, -0.2) is 30.1 Å². The van der Waals surface area contributed by atoms with Gasteiger partial charge in [-0.3, -0.25) is 9.69 Å².